The predicted molar refractivity (Wildman–Crippen MR) is 113 cm³/mol. The highest BCUT2D eigenvalue weighted by atomic mass is 32.2. The molecule has 0 aromatic heterocycles. The maximum atomic E-state index is 11.6. The molecule has 2 aromatic rings. The number of nitrogens with zero attached hydrogens (tertiary/aromatic N) is 3. The van der Waals surface area contributed by atoms with Gasteiger partial charge in [-0.3, -0.25) is 19.9 Å². The van der Waals surface area contributed by atoms with E-state index in [1.54, 1.807) is 0 Å². The molecule has 3 rings (SSSR count). The number of nitro benzene ring substituents is 1. The minimum Gasteiger partial charge on any atom is -0.378 e. The Morgan fingerprint density at radius 2 is 1.69 bits per heavy atom. The molecule has 9 heteroatoms. The molecular weight excluding hydrogens is 392 g/mol. The van der Waals surface area contributed by atoms with Crippen molar-refractivity contribution in [1.82, 2.24) is 9.80 Å². The summed E-state index contributed by atoms with van der Waals surface area (Å²) in [5.41, 5.74) is 1.43. The topological polar surface area (TPSA) is 95.8 Å². The van der Waals surface area contributed by atoms with Crippen LogP contribution < -0.4 is 5.32 Å². The summed E-state index contributed by atoms with van der Waals surface area (Å²) >= 11 is 0. The van der Waals surface area contributed by atoms with Gasteiger partial charge >= 0.3 is 0 Å². The minimum absolute atomic E-state index is 0.0516. The van der Waals surface area contributed by atoms with Crippen LogP contribution in [0.1, 0.15) is 5.56 Å². The van der Waals surface area contributed by atoms with Crippen LogP contribution in [0, 0.1) is 10.1 Å². The first kappa shape index (κ1) is 21.2. The van der Waals surface area contributed by atoms with E-state index in [0.29, 0.717) is 12.2 Å². The number of rotatable bonds is 8. The summed E-state index contributed by atoms with van der Waals surface area (Å²) in [4.78, 5) is 15.4. The number of hydrogen-bond donors (Lipinski definition) is 1. The van der Waals surface area contributed by atoms with Crippen LogP contribution >= 0.6 is 0 Å². The normalized spacial score (nSPS) is 15.9. The second-order valence-corrected chi connectivity index (χ2v) is 9.25. The van der Waals surface area contributed by atoms with E-state index in [1.165, 1.54) is 17.7 Å². The van der Waals surface area contributed by atoms with Crippen LogP contribution in [0.2, 0.25) is 0 Å². The molecule has 0 saturated carbocycles. The first-order valence-electron chi connectivity index (χ1n) is 9.54. The number of hydrogen-bond acceptors (Lipinski definition) is 7. The molecule has 0 unspecified atom stereocenters. The number of nitro groups is 1. The molecule has 1 saturated heterocycles. The number of anilines is 1. The van der Waals surface area contributed by atoms with Crippen molar-refractivity contribution in [3.63, 3.8) is 0 Å². The highest BCUT2D eigenvalue weighted by molar-refractivity contribution is 7.90. The first-order valence-corrected chi connectivity index (χ1v) is 11.4. The fourth-order valence-electron chi connectivity index (χ4n) is 3.40. The van der Waals surface area contributed by atoms with Gasteiger partial charge in [0.1, 0.15) is 5.69 Å². The molecule has 2 aromatic carbocycles. The number of piperazine rings is 1. The summed E-state index contributed by atoms with van der Waals surface area (Å²) in [5, 5.41) is 14.4. The molecular formula is C20H26N4O4S. The van der Waals surface area contributed by atoms with Crippen molar-refractivity contribution < 1.29 is 13.3 Å². The molecule has 0 amide bonds. The molecule has 0 atom stereocenters. The Kier molecular flexibility index (Phi) is 6.83. The number of nitrogens with one attached hydrogen (secondary N) is 1. The SMILES string of the molecule is CS(=O)(=O)c1ccc(NCCN2CCN(Cc3ccccc3)CC2)c([N+](=O)[O-])c1. The lowest BCUT2D eigenvalue weighted by atomic mass is 10.2. The monoisotopic (exact) mass is 418 g/mol. The standard InChI is InChI=1S/C20H26N4O4S/c1-29(27,28)18-7-8-19(20(15-18)24(25)26)21-9-10-22-11-13-23(14-12-22)16-17-5-3-2-4-6-17/h2-8,15,21H,9-14,16H2,1H3. The van der Waals surface area contributed by atoms with E-state index >= 15 is 0 Å². The van der Waals surface area contributed by atoms with Crippen molar-refractivity contribution in [2.45, 2.75) is 11.4 Å². The molecule has 1 N–H and O–H groups in total. The zero-order chi connectivity index (χ0) is 20.9. The second kappa shape index (κ2) is 9.34. The highest BCUT2D eigenvalue weighted by Gasteiger charge is 2.20. The Labute approximate surface area is 171 Å². The predicted octanol–water partition coefficient (Wildman–Crippen LogP) is 2.23. The fourth-order valence-corrected chi connectivity index (χ4v) is 4.04. The molecule has 0 aliphatic carbocycles. The lowest BCUT2D eigenvalue weighted by Gasteiger charge is -2.34. The highest BCUT2D eigenvalue weighted by Crippen LogP contribution is 2.27. The summed E-state index contributed by atoms with van der Waals surface area (Å²) in [6.45, 7) is 6.14. The third kappa shape index (κ3) is 5.99. The van der Waals surface area contributed by atoms with E-state index < -0.39 is 14.8 Å². The lowest BCUT2D eigenvalue weighted by Crippen LogP contribution is -2.47. The summed E-state index contributed by atoms with van der Waals surface area (Å²) in [7, 11) is -3.49. The van der Waals surface area contributed by atoms with E-state index in [-0.39, 0.29) is 10.6 Å². The van der Waals surface area contributed by atoms with Crippen molar-refractivity contribution in [3.05, 3.63) is 64.2 Å². The Hall–Kier alpha value is -2.49. The van der Waals surface area contributed by atoms with Gasteiger partial charge in [-0.2, -0.15) is 0 Å². The van der Waals surface area contributed by atoms with E-state index in [9.17, 15) is 18.5 Å². The molecule has 1 aliphatic heterocycles. The smallest absolute Gasteiger partial charge is 0.293 e. The molecule has 0 spiro atoms. The van der Waals surface area contributed by atoms with Gasteiger partial charge in [0.2, 0.25) is 0 Å². The summed E-state index contributed by atoms with van der Waals surface area (Å²) in [5.74, 6) is 0. The van der Waals surface area contributed by atoms with Crippen LogP contribution in [0.4, 0.5) is 11.4 Å². The largest absolute Gasteiger partial charge is 0.378 e. The third-order valence-corrected chi connectivity index (χ3v) is 6.16. The summed E-state index contributed by atoms with van der Waals surface area (Å²) in [6.07, 6.45) is 1.04. The second-order valence-electron chi connectivity index (χ2n) is 7.24. The van der Waals surface area contributed by atoms with Gasteiger partial charge in [-0.15, -0.1) is 0 Å². The Morgan fingerprint density at radius 1 is 1.03 bits per heavy atom. The average molecular weight is 419 g/mol. The van der Waals surface area contributed by atoms with Gasteiger partial charge in [0, 0.05) is 58.1 Å². The molecule has 156 valence electrons. The van der Waals surface area contributed by atoms with E-state index in [0.717, 1.165) is 51.6 Å². The average Bonchev–Trinajstić information content (AvgIpc) is 2.69. The lowest BCUT2D eigenvalue weighted by molar-refractivity contribution is -0.384. The Bertz CT molecular complexity index is 942. The van der Waals surface area contributed by atoms with Gasteiger partial charge in [0.15, 0.2) is 9.84 Å². The Balaban J connectivity index is 1.49. The quantitative estimate of drug-likeness (QED) is 0.519. The molecule has 0 radical (unpaired) electrons. The Morgan fingerprint density at radius 3 is 2.31 bits per heavy atom. The molecule has 1 heterocycles. The molecule has 8 nitrogen and oxygen atoms in total. The van der Waals surface area contributed by atoms with Gasteiger partial charge in [0.05, 0.1) is 9.82 Å². The van der Waals surface area contributed by atoms with Crippen LogP contribution in [-0.4, -0.2) is 68.7 Å². The zero-order valence-corrected chi connectivity index (χ0v) is 17.3. The molecule has 0 bridgehead atoms. The summed E-state index contributed by atoms with van der Waals surface area (Å²) < 4.78 is 23.3. The number of benzene rings is 2. The third-order valence-electron chi connectivity index (χ3n) is 5.05. The van der Waals surface area contributed by atoms with Crippen LogP contribution in [0.25, 0.3) is 0 Å². The van der Waals surface area contributed by atoms with Crippen LogP contribution in [0.5, 0.6) is 0 Å². The van der Waals surface area contributed by atoms with Gasteiger partial charge in [-0.05, 0) is 17.7 Å². The van der Waals surface area contributed by atoms with Crippen molar-refractivity contribution in [2.75, 3.05) is 50.8 Å². The maximum absolute atomic E-state index is 11.6. The summed E-state index contributed by atoms with van der Waals surface area (Å²) in [6, 6.07) is 14.4. The molecule has 1 aliphatic rings. The van der Waals surface area contributed by atoms with Gasteiger partial charge in [0.25, 0.3) is 5.69 Å². The van der Waals surface area contributed by atoms with Crippen molar-refractivity contribution in [2.24, 2.45) is 0 Å². The first-order chi connectivity index (χ1) is 13.8. The van der Waals surface area contributed by atoms with E-state index in [4.69, 9.17) is 0 Å². The van der Waals surface area contributed by atoms with Crippen LogP contribution in [0.15, 0.2) is 53.4 Å². The minimum atomic E-state index is -3.49. The molecule has 1 fully saturated rings. The van der Waals surface area contributed by atoms with Crippen LogP contribution in [0.3, 0.4) is 0 Å². The van der Waals surface area contributed by atoms with Crippen molar-refractivity contribution in [1.29, 1.82) is 0 Å². The van der Waals surface area contributed by atoms with Gasteiger partial charge in [-0.25, -0.2) is 8.42 Å². The maximum Gasteiger partial charge on any atom is 0.293 e. The van der Waals surface area contributed by atoms with Crippen molar-refractivity contribution >= 4 is 21.2 Å². The van der Waals surface area contributed by atoms with Gasteiger partial charge in [-0.1, -0.05) is 30.3 Å². The van der Waals surface area contributed by atoms with Crippen molar-refractivity contribution in [3.8, 4) is 0 Å². The van der Waals surface area contributed by atoms with Crippen LogP contribution in [-0.2, 0) is 16.4 Å². The molecule has 29 heavy (non-hydrogen) atoms. The van der Waals surface area contributed by atoms with E-state index in [1.807, 2.05) is 6.07 Å². The van der Waals surface area contributed by atoms with E-state index in [2.05, 4.69) is 39.4 Å². The fraction of sp³-hybridized carbons (Fsp3) is 0.400. The number of sulfone groups is 1. The zero-order valence-electron chi connectivity index (χ0n) is 16.5. The van der Waals surface area contributed by atoms with Gasteiger partial charge < -0.3 is 5.32 Å².